The van der Waals surface area contributed by atoms with Gasteiger partial charge < -0.3 is 15.4 Å². The Bertz CT molecular complexity index is 562. The fourth-order valence-electron chi connectivity index (χ4n) is 1.50. The molecule has 2 rings (SSSR count). The van der Waals surface area contributed by atoms with Gasteiger partial charge in [0.1, 0.15) is 0 Å². The van der Waals surface area contributed by atoms with Crippen LogP contribution in [0.3, 0.4) is 0 Å². The zero-order chi connectivity index (χ0) is 13.1. The maximum absolute atomic E-state index is 11.9. The van der Waals surface area contributed by atoms with Crippen molar-refractivity contribution in [2.45, 2.75) is 13.0 Å². The Balaban J connectivity index is 2.13. The lowest BCUT2D eigenvalue weighted by Crippen LogP contribution is -2.28. The van der Waals surface area contributed by atoms with Crippen molar-refractivity contribution in [1.29, 1.82) is 0 Å². The molecule has 0 aliphatic heterocycles. The van der Waals surface area contributed by atoms with Gasteiger partial charge in [-0.25, -0.2) is 9.78 Å². The van der Waals surface area contributed by atoms with Gasteiger partial charge in [0.2, 0.25) is 0 Å². The van der Waals surface area contributed by atoms with Crippen LogP contribution in [0.2, 0.25) is 0 Å². The van der Waals surface area contributed by atoms with E-state index >= 15 is 0 Å². The topological polar surface area (TPSA) is 95.1 Å². The Morgan fingerprint density at radius 3 is 2.94 bits per heavy atom. The number of carbonyl (C=O) groups excluding carboxylic acids is 1. The Kier molecular flexibility index (Phi) is 3.42. The number of hydrogen-bond donors (Lipinski definition) is 3. The lowest BCUT2D eigenvalue weighted by Gasteiger charge is -2.11. The van der Waals surface area contributed by atoms with Crippen LogP contribution in [0.4, 0.5) is 0 Å². The normalized spacial score (nSPS) is 12.1. The molecule has 0 aliphatic carbocycles. The van der Waals surface area contributed by atoms with Crippen molar-refractivity contribution < 1.29 is 14.7 Å². The second-order valence-electron chi connectivity index (χ2n) is 3.64. The second-order valence-corrected chi connectivity index (χ2v) is 4.62. The summed E-state index contributed by atoms with van der Waals surface area (Å²) < 4.78 is 0. The molecule has 6 nitrogen and oxygen atoms in total. The van der Waals surface area contributed by atoms with E-state index in [0.29, 0.717) is 0 Å². The highest BCUT2D eigenvalue weighted by Crippen LogP contribution is 2.18. The van der Waals surface area contributed by atoms with E-state index in [0.717, 1.165) is 4.88 Å². The van der Waals surface area contributed by atoms with Crippen LogP contribution >= 0.6 is 11.3 Å². The maximum Gasteiger partial charge on any atom is 0.354 e. The molecule has 0 spiro atoms. The molecular weight excluding hydrogens is 254 g/mol. The molecule has 0 aromatic carbocycles. The smallest absolute Gasteiger partial charge is 0.354 e. The minimum absolute atomic E-state index is 0.106. The Labute approximate surface area is 107 Å². The molecule has 0 radical (unpaired) electrons. The van der Waals surface area contributed by atoms with Crippen molar-refractivity contribution in [3.8, 4) is 0 Å². The van der Waals surface area contributed by atoms with Crippen LogP contribution in [-0.4, -0.2) is 27.0 Å². The number of amides is 1. The molecular formula is C11H11N3O3S. The van der Waals surface area contributed by atoms with Crippen LogP contribution in [-0.2, 0) is 0 Å². The first-order valence-electron chi connectivity index (χ1n) is 5.20. The summed E-state index contributed by atoms with van der Waals surface area (Å²) >= 11 is 1.52. The molecule has 1 atom stereocenters. The number of aromatic amines is 1. The van der Waals surface area contributed by atoms with Crippen LogP contribution in [0.1, 0.15) is 38.8 Å². The quantitative estimate of drug-likeness (QED) is 0.783. The highest BCUT2D eigenvalue weighted by atomic mass is 32.1. The van der Waals surface area contributed by atoms with Crippen molar-refractivity contribution >= 4 is 23.2 Å². The number of aromatic nitrogens is 2. The summed E-state index contributed by atoms with van der Waals surface area (Å²) in [6.07, 6.45) is 1.19. The van der Waals surface area contributed by atoms with Gasteiger partial charge in [-0.3, -0.25) is 4.79 Å². The van der Waals surface area contributed by atoms with Gasteiger partial charge in [-0.2, -0.15) is 0 Å². The van der Waals surface area contributed by atoms with E-state index in [9.17, 15) is 9.59 Å². The fraction of sp³-hybridized carbons (Fsp3) is 0.182. The third kappa shape index (κ3) is 2.40. The summed E-state index contributed by atoms with van der Waals surface area (Å²) in [5, 5.41) is 13.5. The fourth-order valence-corrected chi connectivity index (χ4v) is 2.24. The molecule has 0 fully saturated rings. The SMILES string of the molecule is C[C@@H](NC(=O)c1nc[nH]c1C(=O)O)c1cccs1. The van der Waals surface area contributed by atoms with Crippen LogP contribution < -0.4 is 5.32 Å². The van der Waals surface area contributed by atoms with Crippen LogP contribution in [0.25, 0.3) is 0 Å². The molecule has 1 amide bonds. The Morgan fingerprint density at radius 1 is 1.56 bits per heavy atom. The number of carboxylic acid groups (broad SMARTS) is 1. The van der Waals surface area contributed by atoms with Gasteiger partial charge in [0.25, 0.3) is 5.91 Å². The average Bonchev–Trinajstić information content (AvgIpc) is 3.00. The van der Waals surface area contributed by atoms with Crippen molar-refractivity contribution in [3.05, 3.63) is 40.1 Å². The van der Waals surface area contributed by atoms with Gasteiger partial charge in [0.15, 0.2) is 11.4 Å². The zero-order valence-corrected chi connectivity index (χ0v) is 10.3. The van der Waals surface area contributed by atoms with E-state index in [-0.39, 0.29) is 17.4 Å². The second kappa shape index (κ2) is 5.01. The number of imidazole rings is 1. The number of nitrogens with zero attached hydrogens (tertiary/aromatic N) is 1. The van der Waals surface area contributed by atoms with Gasteiger partial charge in [-0.15, -0.1) is 11.3 Å². The van der Waals surface area contributed by atoms with Gasteiger partial charge in [-0.05, 0) is 18.4 Å². The van der Waals surface area contributed by atoms with Gasteiger partial charge in [0.05, 0.1) is 12.4 Å². The number of carboxylic acids is 1. The number of carbonyl (C=O) groups is 2. The lowest BCUT2D eigenvalue weighted by atomic mass is 10.2. The minimum Gasteiger partial charge on any atom is -0.477 e. The monoisotopic (exact) mass is 265 g/mol. The molecule has 0 unspecified atom stereocenters. The number of aromatic carboxylic acids is 1. The highest BCUT2D eigenvalue weighted by molar-refractivity contribution is 7.10. The predicted molar refractivity (Wildman–Crippen MR) is 65.7 cm³/mol. The lowest BCUT2D eigenvalue weighted by molar-refractivity contribution is 0.0684. The van der Waals surface area contributed by atoms with E-state index in [1.807, 2.05) is 24.4 Å². The van der Waals surface area contributed by atoms with Crippen molar-refractivity contribution in [2.75, 3.05) is 0 Å². The summed E-state index contributed by atoms with van der Waals surface area (Å²) in [5.74, 6) is -1.71. The molecule has 0 saturated carbocycles. The minimum atomic E-state index is -1.21. The van der Waals surface area contributed by atoms with Crippen LogP contribution in [0.5, 0.6) is 0 Å². The van der Waals surface area contributed by atoms with Crippen molar-refractivity contribution in [1.82, 2.24) is 15.3 Å². The van der Waals surface area contributed by atoms with Crippen molar-refractivity contribution in [3.63, 3.8) is 0 Å². The number of H-pyrrole nitrogens is 1. The molecule has 0 aliphatic rings. The average molecular weight is 265 g/mol. The third-order valence-corrected chi connectivity index (χ3v) is 3.44. The third-order valence-electron chi connectivity index (χ3n) is 2.39. The number of thiophene rings is 1. The van der Waals surface area contributed by atoms with E-state index < -0.39 is 11.9 Å². The van der Waals surface area contributed by atoms with E-state index in [1.54, 1.807) is 0 Å². The van der Waals surface area contributed by atoms with Crippen LogP contribution in [0, 0.1) is 0 Å². The maximum atomic E-state index is 11.9. The standard InChI is InChI=1S/C11H11N3O3S/c1-6(7-3-2-4-18-7)14-10(15)8-9(11(16)17)13-5-12-8/h2-6H,1H3,(H,12,13)(H,14,15)(H,16,17)/t6-/m1/s1. The Morgan fingerprint density at radius 2 is 2.33 bits per heavy atom. The number of hydrogen-bond acceptors (Lipinski definition) is 4. The van der Waals surface area contributed by atoms with Gasteiger partial charge in [0, 0.05) is 4.88 Å². The summed E-state index contributed by atoms with van der Waals surface area (Å²) in [4.78, 5) is 29.9. The van der Waals surface area contributed by atoms with Crippen molar-refractivity contribution in [2.24, 2.45) is 0 Å². The molecule has 2 aromatic heterocycles. The molecule has 94 valence electrons. The van der Waals surface area contributed by atoms with E-state index in [2.05, 4.69) is 15.3 Å². The zero-order valence-electron chi connectivity index (χ0n) is 9.51. The summed E-state index contributed by atoms with van der Waals surface area (Å²) in [6, 6.07) is 3.61. The predicted octanol–water partition coefficient (Wildman–Crippen LogP) is 1.66. The largest absolute Gasteiger partial charge is 0.477 e. The highest BCUT2D eigenvalue weighted by Gasteiger charge is 2.21. The molecule has 18 heavy (non-hydrogen) atoms. The summed E-state index contributed by atoms with van der Waals surface area (Å²) in [5.41, 5.74) is -0.309. The summed E-state index contributed by atoms with van der Waals surface area (Å²) in [7, 11) is 0. The summed E-state index contributed by atoms with van der Waals surface area (Å²) in [6.45, 7) is 1.83. The molecule has 0 saturated heterocycles. The first kappa shape index (κ1) is 12.3. The van der Waals surface area contributed by atoms with E-state index in [1.165, 1.54) is 17.7 Å². The first-order valence-corrected chi connectivity index (χ1v) is 6.08. The Hall–Kier alpha value is -2.15. The molecule has 2 aromatic rings. The van der Waals surface area contributed by atoms with Crippen LogP contribution in [0.15, 0.2) is 23.8 Å². The van der Waals surface area contributed by atoms with Gasteiger partial charge >= 0.3 is 5.97 Å². The number of rotatable bonds is 4. The molecule has 7 heteroatoms. The van der Waals surface area contributed by atoms with E-state index in [4.69, 9.17) is 5.11 Å². The molecule has 0 bridgehead atoms. The van der Waals surface area contributed by atoms with Gasteiger partial charge in [-0.1, -0.05) is 6.07 Å². The number of nitrogens with one attached hydrogen (secondary N) is 2. The first-order chi connectivity index (χ1) is 8.59. The molecule has 2 heterocycles. The molecule has 3 N–H and O–H groups in total.